The van der Waals surface area contributed by atoms with Gasteiger partial charge in [-0.2, -0.15) is 0 Å². The first kappa shape index (κ1) is 15.4. The molecule has 0 rings (SSSR count). The summed E-state index contributed by atoms with van der Waals surface area (Å²) in [5, 5.41) is 8.63. The molecule has 2 unspecified atom stereocenters. The number of hydrogen-bond donors (Lipinski definition) is 1. The number of rotatable bonds is 9. The van der Waals surface area contributed by atoms with E-state index in [0.29, 0.717) is 12.3 Å². The molecule has 0 aliphatic heterocycles. The second kappa shape index (κ2) is 9.64. The van der Waals surface area contributed by atoms with Crippen LogP contribution in [0.5, 0.6) is 0 Å². The van der Waals surface area contributed by atoms with Gasteiger partial charge in [-0.3, -0.25) is 4.79 Å². The van der Waals surface area contributed by atoms with Gasteiger partial charge in [-0.1, -0.05) is 33.1 Å². The van der Waals surface area contributed by atoms with Gasteiger partial charge in [-0.15, -0.1) is 0 Å². The van der Waals surface area contributed by atoms with Crippen molar-refractivity contribution in [2.75, 3.05) is 6.61 Å². The molecule has 0 bridgehead atoms. The van der Waals surface area contributed by atoms with Gasteiger partial charge in [0.1, 0.15) is 0 Å². The van der Waals surface area contributed by atoms with Gasteiger partial charge in [-0.25, -0.2) is 0 Å². The maximum absolute atomic E-state index is 11.4. The molecule has 0 saturated heterocycles. The second-order valence-electron chi connectivity index (χ2n) is 4.59. The average molecular weight is 230 g/mol. The fourth-order valence-corrected chi connectivity index (χ4v) is 1.52. The standard InChI is InChI=1S/C13H26O3/c1-4-12(3)16-13(15)10-11(2)8-6-5-7-9-14/h11-12,14H,4-10H2,1-3H3. The number of carbonyl (C=O) groups excluding carboxylic acids is 1. The van der Waals surface area contributed by atoms with E-state index in [1.54, 1.807) is 0 Å². The van der Waals surface area contributed by atoms with Crippen LogP contribution in [0.1, 0.15) is 59.3 Å². The molecule has 16 heavy (non-hydrogen) atoms. The van der Waals surface area contributed by atoms with E-state index in [2.05, 4.69) is 6.92 Å². The molecule has 0 saturated carbocycles. The Morgan fingerprint density at radius 2 is 1.94 bits per heavy atom. The van der Waals surface area contributed by atoms with E-state index >= 15 is 0 Å². The minimum atomic E-state index is -0.0796. The molecule has 3 heteroatoms. The van der Waals surface area contributed by atoms with Gasteiger partial charge in [-0.05, 0) is 25.7 Å². The third-order valence-corrected chi connectivity index (χ3v) is 2.78. The summed E-state index contributed by atoms with van der Waals surface area (Å²) in [5.41, 5.74) is 0. The summed E-state index contributed by atoms with van der Waals surface area (Å²) in [4.78, 5) is 11.4. The number of hydrogen-bond acceptors (Lipinski definition) is 3. The Balaban J connectivity index is 3.54. The van der Waals surface area contributed by atoms with Crippen LogP contribution in [0.3, 0.4) is 0 Å². The average Bonchev–Trinajstić information content (AvgIpc) is 2.24. The fraction of sp³-hybridized carbons (Fsp3) is 0.923. The van der Waals surface area contributed by atoms with Gasteiger partial charge in [0.2, 0.25) is 0 Å². The lowest BCUT2D eigenvalue weighted by Gasteiger charge is -2.14. The van der Waals surface area contributed by atoms with Crippen molar-refractivity contribution in [2.24, 2.45) is 5.92 Å². The zero-order valence-electron chi connectivity index (χ0n) is 10.9. The summed E-state index contributed by atoms with van der Waals surface area (Å²) < 4.78 is 5.22. The minimum Gasteiger partial charge on any atom is -0.463 e. The Bertz CT molecular complexity index is 180. The molecule has 0 aromatic rings. The Morgan fingerprint density at radius 3 is 2.50 bits per heavy atom. The first-order chi connectivity index (χ1) is 7.60. The minimum absolute atomic E-state index is 0.0362. The van der Waals surface area contributed by atoms with E-state index < -0.39 is 0 Å². The fourth-order valence-electron chi connectivity index (χ4n) is 1.52. The lowest BCUT2D eigenvalue weighted by molar-refractivity contribution is -0.149. The summed E-state index contributed by atoms with van der Waals surface area (Å²) in [7, 11) is 0. The van der Waals surface area contributed by atoms with Gasteiger partial charge in [0, 0.05) is 13.0 Å². The summed E-state index contributed by atoms with van der Waals surface area (Å²) in [6.45, 7) is 6.28. The van der Waals surface area contributed by atoms with Crippen LogP contribution in [0.15, 0.2) is 0 Å². The monoisotopic (exact) mass is 230 g/mol. The molecule has 0 amide bonds. The number of esters is 1. The Kier molecular flexibility index (Phi) is 9.30. The molecule has 1 N–H and O–H groups in total. The van der Waals surface area contributed by atoms with Crippen molar-refractivity contribution in [3.63, 3.8) is 0 Å². The normalized spacial score (nSPS) is 14.5. The number of aliphatic hydroxyl groups is 1. The van der Waals surface area contributed by atoms with Crippen molar-refractivity contribution >= 4 is 5.97 Å². The van der Waals surface area contributed by atoms with Crippen LogP contribution in [-0.2, 0) is 9.53 Å². The topological polar surface area (TPSA) is 46.5 Å². The first-order valence-electron chi connectivity index (χ1n) is 6.40. The maximum atomic E-state index is 11.4. The molecule has 0 aliphatic rings. The van der Waals surface area contributed by atoms with Crippen LogP contribution in [0, 0.1) is 5.92 Å². The molecule has 0 fully saturated rings. The molecule has 0 aromatic carbocycles. The summed E-state index contributed by atoms with van der Waals surface area (Å²) in [5.74, 6) is 0.305. The molecule has 0 heterocycles. The molecule has 0 aromatic heterocycles. The third kappa shape index (κ3) is 8.72. The SMILES string of the molecule is CCC(C)OC(=O)CC(C)CCCCCO. The Hall–Kier alpha value is -0.570. The first-order valence-corrected chi connectivity index (χ1v) is 6.40. The molecule has 3 nitrogen and oxygen atoms in total. The van der Waals surface area contributed by atoms with Crippen LogP contribution in [0.2, 0.25) is 0 Å². The van der Waals surface area contributed by atoms with Gasteiger partial charge in [0.15, 0.2) is 0 Å². The van der Waals surface area contributed by atoms with E-state index in [-0.39, 0.29) is 18.7 Å². The highest BCUT2D eigenvalue weighted by Crippen LogP contribution is 2.14. The smallest absolute Gasteiger partial charge is 0.306 e. The third-order valence-electron chi connectivity index (χ3n) is 2.78. The number of aliphatic hydroxyl groups excluding tert-OH is 1. The highest BCUT2D eigenvalue weighted by molar-refractivity contribution is 5.69. The van der Waals surface area contributed by atoms with Gasteiger partial charge >= 0.3 is 5.97 Å². The molecular formula is C13H26O3. The predicted molar refractivity (Wildman–Crippen MR) is 65.2 cm³/mol. The van der Waals surface area contributed by atoms with Crippen LogP contribution >= 0.6 is 0 Å². The Morgan fingerprint density at radius 1 is 1.25 bits per heavy atom. The lowest BCUT2D eigenvalue weighted by atomic mass is 10.00. The molecule has 0 spiro atoms. The Labute approximate surface area is 99.2 Å². The number of carbonyl (C=O) groups is 1. The molecule has 0 aliphatic carbocycles. The van der Waals surface area contributed by atoms with Crippen LogP contribution in [0.25, 0.3) is 0 Å². The van der Waals surface area contributed by atoms with Gasteiger partial charge < -0.3 is 9.84 Å². The highest BCUT2D eigenvalue weighted by Gasteiger charge is 2.12. The maximum Gasteiger partial charge on any atom is 0.306 e. The van der Waals surface area contributed by atoms with Gasteiger partial charge in [0.05, 0.1) is 6.10 Å². The zero-order chi connectivity index (χ0) is 12.4. The largest absolute Gasteiger partial charge is 0.463 e. The van der Waals surface area contributed by atoms with Crippen LogP contribution in [-0.4, -0.2) is 23.8 Å². The highest BCUT2D eigenvalue weighted by atomic mass is 16.5. The van der Waals surface area contributed by atoms with E-state index in [1.165, 1.54) is 0 Å². The molecule has 0 radical (unpaired) electrons. The van der Waals surface area contributed by atoms with Crippen molar-refractivity contribution in [2.45, 2.75) is 65.4 Å². The number of unbranched alkanes of at least 4 members (excludes halogenated alkanes) is 2. The van der Waals surface area contributed by atoms with E-state index in [1.807, 2.05) is 13.8 Å². The molecule has 96 valence electrons. The van der Waals surface area contributed by atoms with Crippen molar-refractivity contribution < 1.29 is 14.6 Å². The van der Waals surface area contributed by atoms with Crippen LogP contribution in [0.4, 0.5) is 0 Å². The van der Waals surface area contributed by atoms with E-state index in [0.717, 1.165) is 32.1 Å². The van der Waals surface area contributed by atoms with Crippen molar-refractivity contribution in [3.8, 4) is 0 Å². The van der Waals surface area contributed by atoms with Crippen molar-refractivity contribution in [3.05, 3.63) is 0 Å². The second-order valence-corrected chi connectivity index (χ2v) is 4.59. The zero-order valence-corrected chi connectivity index (χ0v) is 10.9. The molecular weight excluding hydrogens is 204 g/mol. The summed E-state index contributed by atoms with van der Waals surface area (Å²) in [6.07, 6.45) is 5.45. The van der Waals surface area contributed by atoms with E-state index in [4.69, 9.17) is 9.84 Å². The quantitative estimate of drug-likeness (QED) is 0.489. The summed E-state index contributed by atoms with van der Waals surface area (Å²) >= 11 is 0. The van der Waals surface area contributed by atoms with Gasteiger partial charge in [0.25, 0.3) is 0 Å². The lowest BCUT2D eigenvalue weighted by Crippen LogP contribution is -2.16. The number of ether oxygens (including phenoxy) is 1. The van der Waals surface area contributed by atoms with Crippen molar-refractivity contribution in [1.29, 1.82) is 0 Å². The summed E-state index contributed by atoms with van der Waals surface area (Å²) in [6, 6.07) is 0. The van der Waals surface area contributed by atoms with E-state index in [9.17, 15) is 4.79 Å². The molecule has 2 atom stereocenters. The predicted octanol–water partition coefficient (Wildman–Crippen LogP) is 2.91. The van der Waals surface area contributed by atoms with Crippen molar-refractivity contribution in [1.82, 2.24) is 0 Å². The van der Waals surface area contributed by atoms with Crippen LogP contribution < -0.4 is 0 Å².